The third-order valence-corrected chi connectivity index (χ3v) is 11.4. The van der Waals surface area contributed by atoms with Crippen LogP contribution in [0.3, 0.4) is 0 Å². The molecule has 1 aliphatic heterocycles. The van der Waals surface area contributed by atoms with Crippen LogP contribution >= 0.6 is 0 Å². The van der Waals surface area contributed by atoms with Gasteiger partial charge < -0.3 is 15.5 Å². The zero-order valence-corrected chi connectivity index (χ0v) is 21.6. The standard InChI is InChI=1S/C24H34FN5O2Si/c1-14-9-10-15(2)18(17(14)25)26-22(32)30-13-16-19(23(30,3)4)28-29-20(16)27-21(31)24(11-8-12-24)33(5,6)7/h9-10H,8,11-13H2,1-7H3,(H,26,32)(H2,27,28,29,31)/q-1. The lowest BCUT2D eigenvalue weighted by atomic mass is 9.83. The number of halogens is 1. The Bertz CT molecular complexity index is 1130. The van der Waals surface area contributed by atoms with Gasteiger partial charge in [0.2, 0.25) is 5.91 Å². The summed E-state index contributed by atoms with van der Waals surface area (Å²) in [5.41, 5.74) is 2.22. The van der Waals surface area contributed by atoms with Crippen LogP contribution in [0.5, 0.6) is 0 Å². The molecule has 7 nitrogen and oxygen atoms in total. The molecule has 33 heavy (non-hydrogen) atoms. The summed E-state index contributed by atoms with van der Waals surface area (Å²) in [7, 11) is -1.72. The van der Waals surface area contributed by atoms with Gasteiger partial charge in [-0.1, -0.05) is 36.4 Å². The van der Waals surface area contributed by atoms with Gasteiger partial charge in [-0.25, -0.2) is 9.18 Å². The number of hydrogen-bond donors (Lipinski definition) is 3. The van der Waals surface area contributed by atoms with Crippen molar-refractivity contribution in [1.29, 1.82) is 0 Å². The highest BCUT2D eigenvalue weighted by atomic mass is 28.3. The first-order valence-electron chi connectivity index (χ1n) is 11.5. The topological polar surface area (TPSA) is 90.1 Å². The normalized spacial score (nSPS) is 18.5. The van der Waals surface area contributed by atoms with E-state index in [1.807, 2.05) is 13.8 Å². The summed E-state index contributed by atoms with van der Waals surface area (Å²) in [4.78, 5) is 28.2. The molecule has 0 atom stereocenters. The quantitative estimate of drug-likeness (QED) is 0.503. The first kappa shape index (κ1) is 23.5. The van der Waals surface area contributed by atoms with E-state index in [1.165, 1.54) is 0 Å². The van der Waals surface area contributed by atoms with Crippen molar-refractivity contribution in [1.82, 2.24) is 15.1 Å². The molecule has 3 amide bonds. The highest BCUT2D eigenvalue weighted by Crippen LogP contribution is 2.56. The Morgan fingerprint density at radius 1 is 1.12 bits per heavy atom. The molecule has 4 rings (SSSR count). The van der Waals surface area contributed by atoms with Crippen LogP contribution in [0.2, 0.25) is 24.7 Å². The highest BCUT2D eigenvalue weighted by Gasteiger charge is 2.47. The van der Waals surface area contributed by atoms with Gasteiger partial charge >= 0.3 is 6.03 Å². The lowest BCUT2D eigenvalue weighted by Gasteiger charge is -2.57. The third-order valence-electron chi connectivity index (χ3n) is 7.80. The molecule has 179 valence electrons. The lowest BCUT2D eigenvalue weighted by Crippen LogP contribution is -2.52. The highest BCUT2D eigenvalue weighted by molar-refractivity contribution is 6.83. The Hall–Kier alpha value is -2.68. The fourth-order valence-corrected chi connectivity index (χ4v) is 7.72. The maximum absolute atomic E-state index is 14.7. The van der Waals surface area contributed by atoms with E-state index in [2.05, 4.69) is 40.5 Å². The van der Waals surface area contributed by atoms with Crippen LogP contribution in [0.4, 0.5) is 20.7 Å². The minimum atomic E-state index is -1.72. The molecule has 0 unspecified atom stereocenters. The number of anilines is 2. The van der Waals surface area contributed by atoms with Crippen LogP contribution in [0.15, 0.2) is 12.1 Å². The molecule has 0 bridgehead atoms. The first-order chi connectivity index (χ1) is 15.3. The van der Waals surface area contributed by atoms with Crippen LogP contribution in [0.1, 0.15) is 55.5 Å². The lowest BCUT2D eigenvalue weighted by molar-refractivity contribution is -0.121. The fourth-order valence-electron chi connectivity index (χ4n) is 5.12. The molecule has 1 aromatic carbocycles. The van der Waals surface area contributed by atoms with Gasteiger partial charge in [-0.2, -0.15) is 24.7 Å². The Balaban J connectivity index is 1.57. The first-order valence-corrected chi connectivity index (χ1v) is 15.0. The van der Waals surface area contributed by atoms with Gasteiger partial charge in [0, 0.05) is 5.56 Å². The zero-order valence-electron chi connectivity index (χ0n) is 20.6. The number of nitrogens with zero attached hydrogens (tertiary/aromatic N) is 2. The number of rotatable bonds is 4. The number of carbonyl (C=O) groups is 2. The molecule has 0 spiro atoms. The number of benzene rings is 1. The third kappa shape index (κ3) is 3.57. The second-order valence-corrected chi connectivity index (χ2v) is 16.5. The molecular weight excluding hydrogens is 437 g/mol. The minimum Gasteiger partial charge on any atom is -0.311 e. The summed E-state index contributed by atoms with van der Waals surface area (Å²) in [6.07, 6.45) is 2.91. The summed E-state index contributed by atoms with van der Waals surface area (Å²) in [6, 6.07) is 3.09. The number of H-pyrrole nitrogens is 1. The Labute approximate surface area is 195 Å². The Kier molecular flexibility index (Phi) is 5.46. The van der Waals surface area contributed by atoms with Gasteiger partial charge in [0.05, 0.1) is 23.5 Å². The number of aromatic nitrogens is 2. The number of carbonyl (C=O) groups excluding carboxylic acids is 2. The molecule has 2 aromatic rings. The smallest absolute Gasteiger partial charge is 0.311 e. The SMILES string of the molecule is Cc1ccc(C)c(NC(=O)N2Cc3c(NC(=O)C4([Si-](C)(C)C)CCC4)n[nH]c3C2(C)C)c1F. The van der Waals surface area contributed by atoms with Crippen molar-refractivity contribution >= 4 is 31.5 Å². The Morgan fingerprint density at radius 2 is 1.76 bits per heavy atom. The molecule has 1 aliphatic carbocycles. The molecule has 2 aliphatic rings. The number of hydrogen-bond acceptors (Lipinski definition) is 3. The van der Waals surface area contributed by atoms with Gasteiger partial charge in [-0.05, 0) is 38.8 Å². The maximum atomic E-state index is 14.7. The maximum Gasteiger partial charge on any atom is 0.323 e. The van der Waals surface area contributed by atoms with Gasteiger partial charge in [0.25, 0.3) is 0 Å². The van der Waals surface area contributed by atoms with Gasteiger partial charge in [-0.3, -0.25) is 9.89 Å². The van der Waals surface area contributed by atoms with E-state index in [0.29, 0.717) is 16.9 Å². The average Bonchev–Trinajstić information content (AvgIpc) is 3.18. The molecule has 1 saturated carbocycles. The van der Waals surface area contributed by atoms with Crippen LogP contribution in [-0.2, 0) is 16.9 Å². The van der Waals surface area contributed by atoms with Gasteiger partial charge in [0.15, 0.2) is 5.82 Å². The van der Waals surface area contributed by atoms with Crippen molar-refractivity contribution in [2.45, 2.75) is 83.7 Å². The number of urea groups is 1. The predicted molar refractivity (Wildman–Crippen MR) is 131 cm³/mol. The van der Waals surface area contributed by atoms with Crippen molar-refractivity contribution in [2.75, 3.05) is 10.6 Å². The monoisotopic (exact) mass is 471 g/mol. The summed E-state index contributed by atoms with van der Waals surface area (Å²) < 4.78 is 14.7. The van der Waals surface area contributed by atoms with Crippen LogP contribution in [0, 0.1) is 19.7 Å². The summed E-state index contributed by atoms with van der Waals surface area (Å²) in [5.74, 6) is 0.104. The molecule has 0 saturated heterocycles. The fraction of sp³-hybridized carbons (Fsp3) is 0.542. The van der Waals surface area contributed by atoms with E-state index in [0.717, 1.165) is 30.5 Å². The van der Waals surface area contributed by atoms with Crippen molar-refractivity contribution in [2.24, 2.45) is 0 Å². The van der Waals surface area contributed by atoms with E-state index >= 15 is 0 Å². The zero-order chi connectivity index (χ0) is 24.3. The number of fused-ring (bicyclic) bond motifs is 1. The molecule has 0 radical (unpaired) electrons. The van der Waals surface area contributed by atoms with Crippen molar-refractivity contribution in [3.63, 3.8) is 0 Å². The summed E-state index contributed by atoms with van der Waals surface area (Å²) in [6.45, 7) is 14.3. The second-order valence-electron chi connectivity index (χ2n) is 11.0. The molecule has 3 N–H and O–H groups in total. The van der Waals surface area contributed by atoms with Crippen molar-refractivity contribution in [3.05, 3.63) is 40.3 Å². The van der Waals surface area contributed by atoms with E-state index in [1.54, 1.807) is 30.9 Å². The largest absolute Gasteiger partial charge is 0.323 e. The Morgan fingerprint density at radius 3 is 2.33 bits per heavy atom. The van der Waals surface area contributed by atoms with Gasteiger partial charge in [-0.15, -0.1) is 8.07 Å². The number of aryl methyl sites for hydroxylation is 2. The summed E-state index contributed by atoms with van der Waals surface area (Å²) in [5, 5.41) is 13.0. The van der Waals surface area contributed by atoms with Crippen molar-refractivity contribution < 1.29 is 14.0 Å². The minimum absolute atomic E-state index is 0.0420. The second kappa shape index (κ2) is 7.68. The van der Waals surface area contributed by atoms with E-state index < -0.39 is 25.5 Å². The number of amides is 3. The summed E-state index contributed by atoms with van der Waals surface area (Å²) >= 11 is 0. The van der Waals surface area contributed by atoms with Crippen LogP contribution in [0.25, 0.3) is 0 Å². The van der Waals surface area contributed by atoms with Crippen LogP contribution in [-0.4, -0.2) is 35.1 Å². The van der Waals surface area contributed by atoms with E-state index in [-0.39, 0.29) is 23.2 Å². The average molecular weight is 472 g/mol. The van der Waals surface area contributed by atoms with E-state index in [4.69, 9.17) is 0 Å². The van der Waals surface area contributed by atoms with Crippen LogP contribution < -0.4 is 10.6 Å². The van der Waals surface area contributed by atoms with Gasteiger partial charge in [0.1, 0.15) is 5.82 Å². The molecule has 1 aromatic heterocycles. The molecule has 9 heteroatoms. The molecular formula is C24H34FN5O2Si-. The molecule has 2 heterocycles. The number of aromatic amines is 1. The number of nitrogens with one attached hydrogen (secondary N) is 3. The van der Waals surface area contributed by atoms with E-state index in [9.17, 15) is 14.0 Å². The predicted octanol–water partition coefficient (Wildman–Crippen LogP) is 5.65. The molecule has 1 fully saturated rings. The van der Waals surface area contributed by atoms with Crippen molar-refractivity contribution in [3.8, 4) is 0 Å².